The van der Waals surface area contributed by atoms with E-state index in [9.17, 15) is 0 Å². The van der Waals surface area contributed by atoms with Gasteiger partial charge in [-0.1, -0.05) is 0 Å². The number of hydrogen-bond donors (Lipinski definition) is 0. The quantitative estimate of drug-likeness (QED) is 0.792. The average Bonchev–Trinajstić information content (AvgIpc) is 3.00. The normalized spacial score (nSPS) is 21.9. The van der Waals surface area contributed by atoms with Crippen LogP contribution in [0.15, 0.2) is 10.7 Å². The van der Waals surface area contributed by atoms with E-state index in [1.807, 2.05) is 6.20 Å². The van der Waals surface area contributed by atoms with Crippen LogP contribution in [0.4, 0.5) is 0 Å². The molecule has 1 heterocycles. The third-order valence-electron chi connectivity index (χ3n) is 2.70. The summed E-state index contributed by atoms with van der Waals surface area (Å²) in [6, 6.07) is 0. The maximum absolute atomic E-state index is 4.64. The van der Waals surface area contributed by atoms with Crippen LogP contribution in [0.25, 0.3) is 0 Å². The van der Waals surface area contributed by atoms with Crippen molar-refractivity contribution in [3.05, 3.63) is 22.2 Å². The minimum absolute atomic E-state index is 0.672. The van der Waals surface area contributed by atoms with Crippen molar-refractivity contribution < 1.29 is 0 Å². The van der Waals surface area contributed by atoms with Crippen LogP contribution in [-0.2, 0) is 0 Å². The van der Waals surface area contributed by atoms with Crippen molar-refractivity contribution in [1.29, 1.82) is 0 Å². The number of aromatic nitrogens is 2. The smallest absolute Gasteiger partial charge is 0.131 e. The Morgan fingerprint density at radius 1 is 1.15 bits per heavy atom. The van der Waals surface area contributed by atoms with Gasteiger partial charge in [0.1, 0.15) is 5.82 Å². The highest BCUT2D eigenvalue weighted by atomic mass is 79.9. The van der Waals surface area contributed by atoms with Gasteiger partial charge in [0, 0.05) is 18.0 Å². The van der Waals surface area contributed by atoms with E-state index in [4.69, 9.17) is 0 Å². The predicted molar refractivity (Wildman–Crippen MR) is 53.7 cm³/mol. The van der Waals surface area contributed by atoms with E-state index in [0.717, 1.165) is 16.2 Å². The lowest BCUT2D eigenvalue weighted by Crippen LogP contribution is -1.97. The number of nitrogens with zero attached hydrogens (tertiary/aromatic N) is 2. The van der Waals surface area contributed by atoms with Crippen LogP contribution in [0.3, 0.4) is 0 Å². The Balaban J connectivity index is 1.99. The number of rotatable bonds is 2. The van der Waals surface area contributed by atoms with Gasteiger partial charge in [-0.25, -0.2) is 9.97 Å². The highest BCUT2D eigenvalue weighted by Gasteiger charge is 2.31. The van der Waals surface area contributed by atoms with Crippen LogP contribution < -0.4 is 0 Å². The molecule has 0 N–H and O–H groups in total. The summed E-state index contributed by atoms with van der Waals surface area (Å²) in [5.41, 5.74) is 1.25. The Morgan fingerprint density at radius 2 is 1.85 bits per heavy atom. The van der Waals surface area contributed by atoms with Crippen LogP contribution in [-0.4, -0.2) is 9.97 Å². The Labute approximate surface area is 85.9 Å². The lowest BCUT2D eigenvalue weighted by Gasteiger charge is -2.03. The zero-order valence-corrected chi connectivity index (χ0v) is 8.92. The first kappa shape index (κ1) is 7.92. The topological polar surface area (TPSA) is 25.8 Å². The first-order valence-corrected chi connectivity index (χ1v) is 5.66. The Hall–Kier alpha value is -0.440. The molecule has 0 saturated heterocycles. The van der Waals surface area contributed by atoms with Crippen LogP contribution in [0, 0.1) is 0 Å². The predicted octanol–water partition coefficient (Wildman–Crippen LogP) is 2.99. The van der Waals surface area contributed by atoms with Gasteiger partial charge >= 0.3 is 0 Å². The van der Waals surface area contributed by atoms with Gasteiger partial charge in [-0.05, 0) is 41.6 Å². The number of hydrogen-bond acceptors (Lipinski definition) is 2. The summed E-state index contributed by atoms with van der Waals surface area (Å²) in [7, 11) is 0. The SMILES string of the molecule is Brc1cnc(C2CC2)nc1C1CC1. The molecule has 0 spiro atoms. The fraction of sp³-hybridized carbons (Fsp3) is 0.600. The van der Waals surface area contributed by atoms with Gasteiger partial charge < -0.3 is 0 Å². The molecule has 1 aromatic heterocycles. The van der Waals surface area contributed by atoms with E-state index < -0.39 is 0 Å². The van der Waals surface area contributed by atoms with Crippen molar-refractivity contribution in [3.8, 4) is 0 Å². The summed E-state index contributed by atoms with van der Waals surface area (Å²) in [5.74, 6) is 2.46. The second-order valence-corrected chi connectivity index (χ2v) is 4.86. The maximum atomic E-state index is 4.64. The standard InChI is InChI=1S/C10H11BrN2/c11-8-5-12-10(7-3-4-7)13-9(8)6-1-2-6/h5-7H,1-4H2. The molecule has 3 heteroatoms. The lowest BCUT2D eigenvalue weighted by molar-refractivity contribution is 0.864. The molecule has 0 unspecified atom stereocenters. The van der Waals surface area contributed by atoms with Crippen LogP contribution in [0.1, 0.15) is 49.0 Å². The van der Waals surface area contributed by atoms with E-state index in [0.29, 0.717) is 5.92 Å². The molecule has 2 fully saturated rings. The van der Waals surface area contributed by atoms with E-state index >= 15 is 0 Å². The number of halogens is 1. The monoisotopic (exact) mass is 238 g/mol. The maximum Gasteiger partial charge on any atom is 0.131 e. The third kappa shape index (κ3) is 1.50. The largest absolute Gasteiger partial charge is 0.240 e. The first-order chi connectivity index (χ1) is 6.34. The van der Waals surface area contributed by atoms with E-state index in [1.165, 1.54) is 31.4 Å². The highest BCUT2D eigenvalue weighted by molar-refractivity contribution is 9.10. The minimum Gasteiger partial charge on any atom is -0.240 e. The van der Waals surface area contributed by atoms with Gasteiger partial charge in [0.25, 0.3) is 0 Å². The van der Waals surface area contributed by atoms with Crippen LogP contribution in [0.5, 0.6) is 0 Å². The van der Waals surface area contributed by atoms with Crippen LogP contribution in [0.2, 0.25) is 0 Å². The Kier molecular flexibility index (Phi) is 1.69. The van der Waals surface area contributed by atoms with Gasteiger partial charge in [-0.2, -0.15) is 0 Å². The molecule has 2 aliphatic rings. The molecular weight excluding hydrogens is 228 g/mol. The first-order valence-electron chi connectivity index (χ1n) is 4.87. The molecule has 2 aliphatic carbocycles. The zero-order valence-electron chi connectivity index (χ0n) is 7.33. The van der Waals surface area contributed by atoms with Crippen molar-refractivity contribution >= 4 is 15.9 Å². The molecule has 0 radical (unpaired) electrons. The van der Waals surface area contributed by atoms with E-state index in [2.05, 4.69) is 25.9 Å². The summed E-state index contributed by atoms with van der Waals surface area (Å²) < 4.78 is 1.10. The van der Waals surface area contributed by atoms with E-state index in [1.54, 1.807) is 0 Å². The second-order valence-electron chi connectivity index (χ2n) is 4.01. The van der Waals surface area contributed by atoms with Crippen molar-refractivity contribution in [2.75, 3.05) is 0 Å². The Bertz CT molecular complexity index is 343. The molecule has 2 nitrogen and oxygen atoms in total. The molecule has 68 valence electrons. The molecule has 0 aliphatic heterocycles. The molecule has 3 rings (SSSR count). The van der Waals surface area contributed by atoms with Crippen LogP contribution >= 0.6 is 15.9 Å². The van der Waals surface area contributed by atoms with Crippen molar-refractivity contribution in [3.63, 3.8) is 0 Å². The van der Waals surface area contributed by atoms with Gasteiger partial charge in [-0.3, -0.25) is 0 Å². The molecular formula is C10H11BrN2. The van der Waals surface area contributed by atoms with Crippen molar-refractivity contribution in [1.82, 2.24) is 9.97 Å². The summed E-state index contributed by atoms with van der Waals surface area (Å²) in [6.45, 7) is 0. The molecule has 0 aromatic carbocycles. The van der Waals surface area contributed by atoms with Crippen molar-refractivity contribution in [2.45, 2.75) is 37.5 Å². The second kappa shape index (κ2) is 2.77. The zero-order chi connectivity index (χ0) is 8.84. The molecule has 1 aromatic rings. The van der Waals surface area contributed by atoms with Gasteiger partial charge in [0.2, 0.25) is 0 Å². The molecule has 2 saturated carbocycles. The Morgan fingerprint density at radius 3 is 2.46 bits per heavy atom. The van der Waals surface area contributed by atoms with Gasteiger partial charge in [0.05, 0.1) is 10.2 Å². The fourth-order valence-corrected chi connectivity index (χ4v) is 2.09. The van der Waals surface area contributed by atoms with Crippen molar-refractivity contribution in [2.24, 2.45) is 0 Å². The fourth-order valence-electron chi connectivity index (χ4n) is 1.58. The molecule has 0 atom stereocenters. The molecule has 13 heavy (non-hydrogen) atoms. The minimum atomic E-state index is 0.672. The van der Waals surface area contributed by atoms with Gasteiger partial charge in [0.15, 0.2) is 0 Å². The van der Waals surface area contributed by atoms with Gasteiger partial charge in [-0.15, -0.1) is 0 Å². The summed E-state index contributed by atoms with van der Waals surface area (Å²) in [5, 5.41) is 0. The average molecular weight is 239 g/mol. The summed E-state index contributed by atoms with van der Waals surface area (Å²) >= 11 is 3.52. The highest BCUT2D eigenvalue weighted by Crippen LogP contribution is 2.44. The third-order valence-corrected chi connectivity index (χ3v) is 3.31. The lowest BCUT2D eigenvalue weighted by atomic mass is 10.2. The summed E-state index contributed by atoms with van der Waals surface area (Å²) in [6.07, 6.45) is 7.10. The molecule has 0 amide bonds. The molecule has 0 bridgehead atoms. The van der Waals surface area contributed by atoms with E-state index in [-0.39, 0.29) is 0 Å². The summed E-state index contributed by atoms with van der Waals surface area (Å²) in [4.78, 5) is 8.99.